The number of rotatable bonds is 5. The number of benzene rings is 1. The number of hydrogen-bond acceptors (Lipinski definition) is 4. The van der Waals surface area contributed by atoms with Gasteiger partial charge in [0, 0.05) is 13.6 Å². The molecule has 0 spiro atoms. The Hall–Kier alpha value is -2.08. The van der Waals surface area contributed by atoms with Gasteiger partial charge in [-0.15, -0.1) is 0 Å². The average molecular weight is 317 g/mol. The van der Waals surface area contributed by atoms with Crippen LogP contribution < -0.4 is 10.1 Å². The third kappa shape index (κ3) is 3.64. The van der Waals surface area contributed by atoms with Crippen molar-refractivity contribution in [3.8, 4) is 5.75 Å². The van der Waals surface area contributed by atoms with E-state index in [0.717, 1.165) is 13.0 Å². The highest BCUT2D eigenvalue weighted by atomic mass is 16.5. The van der Waals surface area contributed by atoms with Crippen molar-refractivity contribution in [1.29, 1.82) is 0 Å². The normalized spacial score (nSPS) is 17.3. The van der Waals surface area contributed by atoms with Gasteiger partial charge in [-0.1, -0.05) is 6.07 Å². The van der Waals surface area contributed by atoms with Crippen LogP contribution in [0.2, 0.25) is 0 Å². The lowest BCUT2D eigenvalue weighted by atomic mass is 10.1. The first-order valence-electron chi connectivity index (χ1n) is 8.18. The van der Waals surface area contributed by atoms with Crippen molar-refractivity contribution in [2.75, 3.05) is 45.2 Å². The number of ether oxygens (including phenoxy) is 1. The topological polar surface area (TPSA) is 61.9 Å². The van der Waals surface area contributed by atoms with Gasteiger partial charge in [-0.2, -0.15) is 0 Å². The number of nitrogens with one attached hydrogen (secondary N) is 1. The summed E-state index contributed by atoms with van der Waals surface area (Å²) >= 11 is 0. The van der Waals surface area contributed by atoms with E-state index in [1.807, 2.05) is 7.05 Å². The zero-order valence-electron chi connectivity index (χ0n) is 13.5. The maximum Gasteiger partial charge on any atom is 0.262 e. The summed E-state index contributed by atoms with van der Waals surface area (Å²) in [4.78, 5) is 28.2. The first kappa shape index (κ1) is 15.8. The minimum atomic E-state index is -0.193. The lowest BCUT2D eigenvalue weighted by Gasteiger charge is -2.24. The number of carbonyl (C=O) groups is 2. The minimum absolute atomic E-state index is 0.0457. The van der Waals surface area contributed by atoms with Gasteiger partial charge in [0.05, 0.1) is 11.3 Å². The van der Waals surface area contributed by atoms with Gasteiger partial charge in [0.1, 0.15) is 0 Å². The highest BCUT2D eigenvalue weighted by Gasteiger charge is 2.24. The molecule has 2 amide bonds. The molecular formula is C17H23N3O3. The zero-order chi connectivity index (χ0) is 16.2. The Labute approximate surface area is 136 Å². The van der Waals surface area contributed by atoms with E-state index in [0.29, 0.717) is 23.5 Å². The van der Waals surface area contributed by atoms with Gasteiger partial charge in [-0.05, 0) is 51.0 Å². The number of anilines is 1. The molecule has 1 aromatic carbocycles. The maximum absolute atomic E-state index is 12.6. The van der Waals surface area contributed by atoms with Gasteiger partial charge < -0.3 is 19.9 Å². The third-order valence-electron chi connectivity index (χ3n) is 4.38. The molecule has 2 aliphatic rings. The van der Waals surface area contributed by atoms with E-state index in [4.69, 9.17) is 4.74 Å². The van der Waals surface area contributed by atoms with Crippen LogP contribution in [0.25, 0.3) is 0 Å². The number of para-hydroxylation sites is 1. The van der Waals surface area contributed by atoms with Crippen LogP contribution in [0.5, 0.6) is 5.75 Å². The Balaban J connectivity index is 1.61. The van der Waals surface area contributed by atoms with Gasteiger partial charge in [0.15, 0.2) is 12.4 Å². The van der Waals surface area contributed by atoms with E-state index in [1.165, 1.54) is 25.9 Å². The second-order valence-corrected chi connectivity index (χ2v) is 6.15. The Kier molecular flexibility index (Phi) is 4.81. The first-order chi connectivity index (χ1) is 11.1. The van der Waals surface area contributed by atoms with Crippen molar-refractivity contribution in [1.82, 2.24) is 9.80 Å². The van der Waals surface area contributed by atoms with E-state index in [-0.39, 0.29) is 18.4 Å². The molecule has 2 heterocycles. The Morgan fingerprint density at radius 3 is 2.91 bits per heavy atom. The summed E-state index contributed by atoms with van der Waals surface area (Å²) in [5.74, 6) is 0.212. The van der Waals surface area contributed by atoms with Crippen molar-refractivity contribution in [3.63, 3.8) is 0 Å². The van der Waals surface area contributed by atoms with Gasteiger partial charge >= 0.3 is 0 Å². The Morgan fingerprint density at radius 2 is 2.13 bits per heavy atom. The molecule has 0 bridgehead atoms. The van der Waals surface area contributed by atoms with Gasteiger partial charge in [-0.25, -0.2) is 0 Å². The van der Waals surface area contributed by atoms with Gasteiger partial charge in [0.25, 0.3) is 11.8 Å². The summed E-state index contributed by atoms with van der Waals surface area (Å²) < 4.78 is 5.46. The van der Waals surface area contributed by atoms with Crippen molar-refractivity contribution in [2.24, 2.45) is 0 Å². The average Bonchev–Trinajstić information content (AvgIpc) is 3.06. The van der Waals surface area contributed by atoms with Crippen LogP contribution >= 0.6 is 0 Å². The number of carbonyl (C=O) groups excluding carboxylic acids is 2. The standard InChI is InChI=1S/C17H23N3O3/c1-19(8-5-11-20-9-2-3-10-20)17(22)13-6-4-7-14-16(13)23-12-15(21)18-14/h4,6-7H,2-3,5,8-12H2,1H3,(H,18,21). The number of nitrogens with zero attached hydrogens (tertiary/aromatic N) is 2. The van der Waals surface area contributed by atoms with Gasteiger partial charge in [0.2, 0.25) is 0 Å². The predicted molar refractivity (Wildman–Crippen MR) is 87.8 cm³/mol. The molecule has 2 aliphatic heterocycles. The smallest absolute Gasteiger partial charge is 0.262 e. The predicted octanol–water partition coefficient (Wildman–Crippen LogP) is 1.58. The van der Waals surface area contributed by atoms with Crippen LogP contribution in [0.4, 0.5) is 5.69 Å². The molecule has 3 rings (SSSR count). The SMILES string of the molecule is CN(CCCN1CCCC1)C(=O)c1cccc2c1OCC(=O)N2. The summed E-state index contributed by atoms with van der Waals surface area (Å²) in [5.41, 5.74) is 1.07. The van der Waals surface area contributed by atoms with Crippen LogP contribution in [0.3, 0.4) is 0 Å². The van der Waals surface area contributed by atoms with E-state index in [2.05, 4.69) is 10.2 Å². The van der Waals surface area contributed by atoms with Crippen LogP contribution in [0.15, 0.2) is 18.2 Å². The zero-order valence-corrected chi connectivity index (χ0v) is 13.5. The summed E-state index contributed by atoms with van der Waals surface area (Å²) in [5, 5.41) is 2.73. The molecule has 6 heteroatoms. The van der Waals surface area contributed by atoms with E-state index in [9.17, 15) is 9.59 Å². The second kappa shape index (κ2) is 7.00. The Bertz CT molecular complexity index is 597. The maximum atomic E-state index is 12.6. The van der Waals surface area contributed by atoms with Crippen molar-refractivity contribution in [2.45, 2.75) is 19.3 Å². The summed E-state index contributed by atoms with van der Waals surface area (Å²) in [6.07, 6.45) is 3.54. The van der Waals surface area contributed by atoms with Crippen molar-refractivity contribution < 1.29 is 14.3 Å². The second-order valence-electron chi connectivity index (χ2n) is 6.15. The van der Waals surface area contributed by atoms with Crippen LogP contribution in [0, 0.1) is 0 Å². The number of fused-ring (bicyclic) bond motifs is 1. The van der Waals surface area contributed by atoms with Crippen LogP contribution in [0.1, 0.15) is 29.6 Å². The summed E-state index contributed by atoms with van der Waals surface area (Å²) in [6, 6.07) is 5.26. The molecule has 1 aromatic rings. The lowest BCUT2D eigenvalue weighted by Crippen LogP contribution is -2.32. The van der Waals surface area contributed by atoms with Gasteiger partial charge in [-0.3, -0.25) is 9.59 Å². The molecule has 0 aromatic heterocycles. The molecule has 0 atom stereocenters. The number of likely N-dealkylation sites (tertiary alicyclic amines) is 1. The first-order valence-corrected chi connectivity index (χ1v) is 8.18. The molecule has 0 aliphatic carbocycles. The summed E-state index contributed by atoms with van der Waals surface area (Å²) in [6.45, 7) is 4.06. The molecule has 6 nitrogen and oxygen atoms in total. The number of hydrogen-bond donors (Lipinski definition) is 1. The molecule has 1 saturated heterocycles. The largest absolute Gasteiger partial charge is 0.481 e. The quantitative estimate of drug-likeness (QED) is 0.895. The van der Waals surface area contributed by atoms with E-state index < -0.39 is 0 Å². The minimum Gasteiger partial charge on any atom is -0.481 e. The molecule has 0 saturated carbocycles. The third-order valence-corrected chi connectivity index (χ3v) is 4.38. The Morgan fingerprint density at radius 1 is 1.35 bits per heavy atom. The molecule has 23 heavy (non-hydrogen) atoms. The van der Waals surface area contributed by atoms with Crippen molar-refractivity contribution >= 4 is 17.5 Å². The summed E-state index contributed by atoms with van der Waals surface area (Å²) in [7, 11) is 1.81. The number of amides is 2. The monoisotopic (exact) mass is 317 g/mol. The molecule has 1 N–H and O–H groups in total. The van der Waals surface area contributed by atoms with E-state index in [1.54, 1.807) is 23.1 Å². The van der Waals surface area contributed by atoms with Crippen LogP contribution in [-0.4, -0.2) is 61.4 Å². The fourth-order valence-electron chi connectivity index (χ4n) is 3.13. The van der Waals surface area contributed by atoms with E-state index >= 15 is 0 Å². The van der Waals surface area contributed by atoms with Crippen molar-refractivity contribution in [3.05, 3.63) is 23.8 Å². The fourth-order valence-corrected chi connectivity index (χ4v) is 3.13. The fraction of sp³-hybridized carbons (Fsp3) is 0.529. The molecule has 0 radical (unpaired) electrons. The highest BCUT2D eigenvalue weighted by molar-refractivity contribution is 6.03. The van der Waals surface area contributed by atoms with Crippen LogP contribution in [-0.2, 0) is 4.79 Å². The lowest BCUT2D eigenvalue weighted by molar-refractivity contribution is -0.118. The molecule has 1 fully saturated rings. The molecule has 0 unspecified atom stereocenters. The molecule has 124 valence electrons. The highest BCUT2D eigenvalue weighted by Crippen LogP contribution is 2.32. The molecular weight excluding hydrogens is 294 g/mol.